The van der Waals surface area contributed by atoms with Gasteiger partial charge in [0.05, 0.1) is 6.61 Å². The van der Waals surface area contributed by atoms with E-state index in [-0.39, 0.29) is 5.82 Å². The predicted octanol–water partition coefficient (Wildman–Crippen LogP) is 5.95. The quantitative estimate of drug-likeness (QED) is 0.405. The molecule has 0 aliphatic rings. The lowest BCUT2D eigenvalue weighted by atomic mass is 10.1. The summed E-state index contributed by atoms with van der Waals surface area (Å²) >= 11 is 0. The fraction of sp³-hybridized carbons (Fsp3) is 0.200. The maximum Gasteiger partial charge on any atom is 0.123 e. The first kappa shape index (κ1) is 18.6. The molecule has 27 heavy (non-hydrogen) atoms. The van der Waals surface area contributed by atoms with Gasteiger partial charge in [-0.15, -0.1) is 0 Å². The van der Waals surface area contributed by atoms with E-state index >= 15 is 0 Å². The third kappa shape index (κ3) is 5.63. The van der Waals surface area contributed by atoms with Gasteiger partial charge in [0.15, 0.2) is 0 Å². The van der Waals surface area contributed by atoms with Gasteiger partial charge >= 0.3 is 0 Å². The molecule has 0 spiro atoms. The van der Waals surface area contributed by atoms with Crippen molar-refractivity contribution < 1.29 is 9.13 Å². The van der Waals surface area contributed by atoms with Crippen LogP contribution < -0.4 is 4.74 Å². The van der Waals surface area contributed by atoms with Crippen LogP contribution in [0, 0.1) is 29.5 Å². The monoisotopic (exact) mass is 356 g/mol. The Morgan fingerprint density at radius 3 is 2.22 bits per heavy atom. The van der Waals surface area contributed by atoms with Crippen LogP contribution in [0.2, 0.25) is 0 Å². The summed E-state index contributed by atoms with van der Waals surface area (Å²) in [6.07, 6.45) is 3.47. The van der Waals surface area contributed by atoms with Crippen molar-refractivity contribution >= 4 is 10.8 Å². The first-order valence-corrected chi connectivity index (χ1v) is 9.19. The molecule has 134 valence electrons. The lowest BCUT2D eigenvalue weighted by Crippen LogP contribution is -1.96. The average Bonchev–Trinajstić information content (AvgIpc) is 2.70. The number of rotatable bonds is 5. The number of hydrogen-bond donors (Lipinski definition) is 0. The predicted molar refractivity (Wildman–Crippen MR) is 109 cm³/mol. The molecule has 0 amide bonds. The fourth-order valence-corrected chi connectivity index (χ4v) is 2.67. The molecule has 0 N–H and O–H groups in total. The van der Waals surface area contributed by atoms with Crippen molar-refractivity contribution in [1.29, 1.82) is 0 Å². The summed E-state index contributed by atoms with van der Waals surface area (Å²) in [5.41, 5.74) is 1.66. The highest BCUT2D eigenvalue weighted by Gasteiger charge is 1.99. The van der Waals surface area contributed by atoms with Gasteiger partial charge in [-0.1, -0.05) is 43.7 Å². The van der Waals surface area contributed by atoms with Gasteiger partial charge in [0.25, 0.3) is 0 Å². The first-order chi connectivity index (χ1) is 13.2. The minimum atomic E-state index is -0.266. The van der Waals surface area contributed by atoms with Crippen LogP contribution in [0.1, 0.15) is 37.3 Å². The molecule has 0 aliphatic carbocycles. The average molecular weight is 356 g/mol. The molecule has 0 atom stereocenters. The third-order valence-corrected chi connectivity index (χ3v) is 4.15. The number of fused-ring (bicyclic) bond motifs is 1. The molecule has 3 aromatic rings. The Hall–Kier alpha value is -3.23. The second kappa shape index (κ2) is 9.46. The van der Waals surface area contributed by atoms with E-state index in [1.165, 1.54) is 25.0 Å². The summed E-state index contributed by atoms with van der Waals surface area (Å²) in [7, 11) is 0. The van der Waals surface area contributed by atoms with Gasteiger partial charge < -0.3 is 4.74 Å². The standard InChI is InChI=1S/C25H21FO/c1-2-3-6-17-27-25-16-13-22-18-21(9-12-23(22)19-25)8-5-4-7-20-10-14-24(26)15-11-20/h9-16,18-19H,2-3,6,17H2,1H3. The van der Waals surface area contributed by atoms with Gasteiger partial charge in [-0.3, -0.25) is 0 Å². The van der Waals surface area contributed by atoms with Gasteiger partial charge in [-0.05, 0) is 77.6 Å². The van der Waals surface area contributed by atoms with Crippen LogP contribution in [0.25, 0.3) is 10.8 Å². The molecule has 2 heteroatoms. The smallest absolute Gasteiger partial charge is 0.123 e. The molecular weight excluding hydrogens is 335 g/mol. The van der Waals surface area contributed by atoms with Crippen molar-refractivity contribution in [3.05, 3.63) is 77.6 Å². The molecule has 1 nitrogen and oxygen atoms in total. The highest BCUT2D eigenvalue weighted by atomic mass is 19.1. The molecule has 0 heterocycles. The van der Waals surface area contributed by atoms with Crippen LogP contribution in [0.5, 0.6) is 5.75 Å². The Bertz CT molecular complexity index is 1030. The van der Waals surface area contributed by atoms with Gasteiger partial charge in [-0.2, -0.15) is 0 Å². The summed E-state index contributed by atoms with van der Waals surface area (Å²) in [4.78, 5) is 0. The van der Waals surface area contributed by atoms with Gasteiger partial charge in [-0.25, -0.2) is 4.39 Å². The number of benzene rings is 3. The van der Waals surface area contributed by atoms with E-state index in [0.717, 1.165) is 40.7 Å². The Balaban J connectivity index is 1.68. The zero-order valence-electron chi connectivity index (χ0n) is 15.4. The van der Waals surface area contributed by atoms with Crippen molar-refractivity contribution in [2.45, 2.75) is 26.2 Å². The van der Waals surface area contributed by atoms with Crippen molar-refractivity contribution in [3.8, 4) is 29.4 Å². The zero-order chi connectivity index (χ0) is 18.9. The second-order valence-electron chi connectivity index (χ2n) is 6.29. The molecule has 3 aromatic carbocycles. The Kier molecular flexibility index (Phi) is 6.50. The summed E-state index contributed by atoms with van der Waals surface area (Å²) in [6, 6.07) is 18.3. The van der Waals surface area contributed by atoms with Gasteiger partial charge in [0, 0.05) is 11.1 Å². The number of halogens is 1. The SMILES string of the molecule is CCCCCOc1ccc2cc(C#CC#Cc3ccc(F)cc3)ccc2c1. The lowest BCUT2D eigenvalue weighted by Gasteiger charge is -2.07. The molecule has 0 aromatic heterocycles. The highest BCUT2D eigenvalue weighted by molar-refractivity contribution is 5.85. The fourth-order valence-electron chi connectivity index (χ4n) is 2.67. The molecule has 0 radical (unpaired) electrons. The minimum Gasteiger partial charge on any atom is -0.494 e. The Morgan fingerprint density at radius 2 is 1.44 bits per heavy atom. The second-order valence-corrected chi connectivity index (χ2v) is 6.29. The molecule has 0 bridgehead atoms. The molecule has 3 rings (SSSR count). The van der Waals surface area contributed by atoms with E-state index in [4.69, 9.17) is 4.74 Å². The van der Waals surface area contributed by atoms with Crippen LogP contribution in [-0.4, -0.2) is 6.61 Å². The Morgan fingerprint density at radius 1 is 0.778 bits per heavy atom. The summed E-state index contributed by atoms with van der Waals surface area (Å²) in [6.45, 7) is 2.94. The van der Waals surface area contributed by atoms with Gasteiger partial charge in [0.1, 0.15) is 11.6 Å². The highest BCUT2D eigenvalue weighted by Crippen LogP contribution is 2.22. The summed E-state index contributed by atoms with van der Waals surface area (Å²) < 4.78 is 18.7. The maximum absolute atomic E-state index is 12.9. The zero-order valence-corrected chi connectivity index (χ0v) is 15.4. The molecule has 0 saturated carbocycles. The van der Waals surface area contributed by atoms with E-state index in [9.17, 15) is 4.39 Å². The van der Waals surface area contributed by atoms with E-state index < -0.39 is 0 Å². The molecule has 0 aliphatic heterocycles. The van der Waals surface area contributed by atoms with Crippen LogP contribution in [0.15, 0.2) is 60.7 Å². The first-order valence-electron chi connectivity index (χ1n) is 9.19. The number of ether oxygens (including phenoxy) is 1. The van der Waals surface area contributed by atoms with Crippen LogP contribution in [0.4, 0.5) is 4.39 Å². The minimum absolute atomic E-state index is 0.266. The maximum atomic E-state index is 12.9. The number of unbranched alkanes of at least 4 members (excludes halogenated alkanes) is 2. The van der Waals surface area contributed by atoms with E-state index in [0.29, 0.717) is 0 Å². The van der Waals surface area contributed by atoms with Crippen molar-refractivity contribution in [1.82, 2.24) is 0 Å². The number of hydrogen-bond acceptors (Lipinski definition) is 1. The molecule has 0 unspecified atom stereocenters. The van der Waals surface area contributed by atoms with Crippen LogP contribution in [0.3, 0.4) is 0 Å². The van der Waals surface area contributed by atoms with Crippen molar-refractivity contribution in [2.75, 3.05) is 6.61 Å². The summed E-state index contributed by atoms with van der Waals surface area (Å²) in [5.74, 6) is 12.3. The molecule has 0 fully saturated rings. The van der Waals surface area contributed by atoms with E-state index in [1.807, 2.05) is 24.3 Å². The molecular formula is C25H21FO. The van der Waals surface area contributed by atoms with Crippen LogP contribution in [-0.2, 0) is 0 Å². The normalized spacial score (nSPS) is 9.85. The Labute approximate surface area is 160 Å². The van der Waals surface area contributed by atoms with Crippen LogP contribution >= 0.6 is 0 Å². The van der Waals surface area contributed by atoms with Gasteiger partial charge in [0.2, 0.25) is 0 Å². The molecule has 0 saturated heterocycles. The summed E-state index contributed by atoms with van der Waals surface area (Å²) in [5, 5.41) is 2.25. The van der Waals surface area contributed by atoms with Crippen molar-refractivity contribution in [2.24, 2.45) is 0 Å². The lowest BCUT2D eigenvalue weighted by molar-refractivity contribution is 0.306. The van der Waals surface area contributed by atoms with Crippen molar-refractivity contribution in [3.63, 3.8) is 0 Å². The van der Waals surface area contributed by atoms with E-state index in [1.54, 1.807) is 12.1 Å². The third-order valence-electron chi connectivity index (χ3n) is 4.15. The van der Waals surface area contributed by atoms with E-state index in [2.05, 4.69) is 42.7 Å². The topological polar surface area (TPSA) is 9.23 Å². The largest absolute Gasteiger partial charge is 0.494 e.